The highest BCUT2D eigenvalue weighted by atomic mass is 15.0. The zero-order valence-electron chi connectivity index (χ0n) is 38.7. The first kappa shape index (κ1) is 39.9. The summed E-state index contributed by atoms with van der Waals surface area (Å²) in [5, 5.41) is 34.2. The summed E-state index contributed by atoms with van der Waals surface area (Å²) in [6, 6.07) is 87.9. The van der Waals surface area contributed by atoms with Crippen molar-refractivity contribution < 1.29 is 0 Å². The first-order chi connectivity index (χ1) is 35.6. The van der Waals surface area contributed by atoms with Crippen molar-refractivity contribution in [2.24, 2.45) is 0 Å². The zero-order chi connectivity index (χ0) is 47.6. The Morgan fingerprint density at radius 1 is 0.264 bits per heavy atom. The lowest BCUT2D eigenvalue weighted by atomic mass is 9.83. The Morgan fingerprint density at radius 2 is 0.611 bits per heavy atom. The molecule has 330 valence electrons. The second kappa shape index (κ2) is 15.2. The van der Waals surface area contributed by atoms with Crippen molar-refractivity contribution in [3.63, 3.8) is 0 Å². The van der Waals surface area contributed by atoms with Gasteiger partial charge in [0.25, 0.3) is 0 Å². The smallest absolute Gasteiger partial charge is 0.0992 e. The Morgan fingerprint density at radius 3 is 0.986 bits per heavy atom. The predicted molar refractivity (Wildman–Crippen MR) is 299 cm³/mol. The van der Waals surface area contributed by atoms with Crippen LogP contribution in [0.4, 0.5) is 0 Å². The molecule has 2 aromatic heterocycles. The fourth-order valence-corrected chi connectivity index (χ4v) is 12.1. The number of rotatable bonds is 6. The molecule has 0 N–H and O–H groups in total. The Kier molecular flexibility index (Phi) is 8.46. The highest BCUT2D eigenvalue weighted by molar-refractivity contribution is 6.28. The van der Waals surface area contributed by atoms with Gasteiger partial charge in [-0.1, -0.05) is 146 Å². The topological polar surface area (TPSA) is 57.4 Å². The van der Waals surface area contributed by atoms with E-state index in [0.29, 0.717) is 11.1 Å². The van der Waals surface area contributed by atoms with Gasteiger partial charge in [-0.05, 0) is 173 Å². The summed E-state index contributed by atoms with van der Waals surface area (Å²) in [6.45, 7) is 0. The molecule has 2 heterocycles. The van der Waals surface area contributed by atoms with Gasteiger partial charge in [-0.3, -0.25) is 0 Å². The monoisotopic (exact) mass is 910 g/mol. The van der Waals surface area contributed by atoms with Crippen LogP contribution in [-0.4, -0.2) is 9.13 Å². The lowest BCUT2D eigenvalue weighted by Gasteiger charge is -2.20. The Bertz CT molecular complexity index is 4470. The van der Waals surface area contributed by atoms with Crippen molar-refractivity contribution in [1.29, 1.82) is 10.5 Å². The van der Waals surface area contributed by atoms with Crippen LogP contribution in [0.25, 0.3) is 143 Å². The van der Waals surface area contributed by atoms with Gasteiger partial charge < -0.3 is 9.13 Å². The van der Waals surface area contributed by atoms with E-state index >= 15 is 0 Å². The predicted octanol–water partition coefficient (Wildman–Crippen LogP) is 17.8. The molecule has 0 spiro atoms. The molecular weight excluding hydrogens is 873 g/mol. The van der Waals surface area contributed by atoms with Gasteiger partial charge in [0.15, 0.2) is 0 Å². The van der Waals surface area contributed by atoms with Crippen molar-refractivity contribution in [3.8, 4) is 68.0 Å². The molecule has 0 aliphatic carbocycles. The van der Waals surface area contributed by atoms with Crippen LogP contribution in [0.1, 0.15) is 11.1 Å². The van der Waals surface area contributed by atoms with Crippen LogP contribution in [0.15, 0.2) is 231 Å². The van der Waals surface area contributed by atoms with Crippen molar-refractivity contribution in [2.75, 3.05) is 0 Å². The van der Waals surface area contributed by atoms with Gasteiger partial charge in [-0.2, -0.15) is 10.5 Å². The molecule has 0 unspecified atom stereocenters. The third-order valence-corrected chi connectivity index (χ3v) is 15.1. The SMILES string of the molecule is N#Cc1cc2ccc3cc(-c4ccc5c(-c6ccccc6)c6cc(-c7cc8ccc9cc(C#N)cc%10c9c8c(c7)n%10-c7ccccc7)ccc6c(-c6ccccc6)c5c4)cc4c3c2c(c1)n4-c1ccccc1. The van der Waals surface area contributed by atoms with Gasteiger partial charge in [0.05, 0.1) is 45.3 Å². The number of para-hydroxylation sites is 2. The largest absolute Gasteiger partial charge is 0.309 e. The maximum atomic E-state index is 10.1. The first-order valence-electron chi connectivity index (χ1n) is 24.3. The summed E-state index contributed by atoms with van der Waals surface area (Å²) in [5.74, 6) is 0. The Balaban J connectivity index is 0.997. The lowest BCUT2D eigenvalue weighted by molar-refractivity contribution is 1.18. The second-order valence-electron chi connectivity index (χ2n) is 19.1. The van der Waals surface area contributed by atoms with Crippen molar-refractivity contribution in [1.82, 2.24) is 9.13 Å². The highest BCUT2D eigenvalue weighted by Crippen LogP contribution is 2.49. The van der Waals surface area contributed by atoms with Gasteiger partial charge >= 0.3 is 0 Å². The van der Waals surface area contributed by atoms with Crippen molar-refractivity contribution in [2.45, 2.75) is 0 Å². The number of fused-ring (bicyclic) bond motifs is 2. The average molecular weight is 911 g/mol. The minimum Gasteiger partial charge on any atom is -0.309 e. The molecule has 13 aromatic carbocycles. The van der Waals surface area contributed by atoms with Gasteiger partial charge in [-0.15, -0.1) is 0 Å². The number of hydrogen-bond donors (Lipinski definition) is 0. The molecule has 4 heteroatoms. The van der Waals surface area contributed by atoms with Crippen LogP contribution in [0.3, 0.4) is 0 Å². The van der Waals surface area contributed by atoms with E-state index in [1.807, 2.05) is 36.4 Å². The van der Waals surface area contributed by atoms with E-state index in [1.54, 1.807) is 0 Å². The van der Waals surface area contributed by atoms with Crippen LogP contribution >= 0.6 is 0 Å². The van der Waals surface area contributed by atoms with Gasteiger partial charge in [0.1, 0.15) is 0 Å². The number of hydrogen-bond acceptors (Lipinski definition) is 2. The lowest BCUT2D eigenvalue weighted by Crippen LogP contribution is -1.95. The fourth-order valence-electron chi connectivity index (χ4n) is 12.1. The fraction of sp³-hybridized carbons (Fsp3) is 0. The Hall–Kier alpha value is -10.0. The summed E-state index contributed by atoms with van der Waals surface area (Å²) in [7, 11) is 0. The van der Waals surface area contributed by atoms with E-state index in [0.717, 1.165) is 88.4 Å². The molecule has 0 saturated heterocycles. The zero-order valence-corrected chi connectivity index (χ0v) is 38.7. The third kappa shape index (κ3) is 5.79. The van der Waals surface area contributed by atoms with E-state index in [9.17, 15) is 10.5 Å². The van der Waals surface area contributed by atoms with Gasteiger partial charge in [0.2, 0.25) is 0 Å². The molecule has 0 saturated carbocycles. The molecule has 0 atom stereocenters. The molecule has 0 radical (unpaired) electrons. The first-order valence-corrected chi connectivity index (χ1v) is 24.3. The minimum absolute atomic E-state index is 0.649. The standard InChI is InChI=1S/C68H38N4/c69-39-41-29-47-21-23-49-33-51(37-61-67(49)65(47)59(31-41)71(61)53-17-9-3-10-18-53)45-26-28-56-57(35-45)63(43-13-5-1-6-14-43)55-27-25-46(36-58(55)64(56)44-15-7-2-8-16-44)52-34-50-24-22-48-30-42(40-70)32-60-66(48)68(50)62(38-52)72(60)54-19-11-4-12-20-54/h1-38H. The van der Waals surface area contributed by atoms with Crippen LogP contribution in [-0.2, 0) is 0 Å². The molecule has 0 aliphatic rings. The summed E-state index contributed by atoms with van der Waals surface area (Å²) >= 11 is 0. The van der Waals surface area contributed by atoms with Gasteiger partial charge in [0, 0.05) is 32.9 Å². The number of nitrogens with zero attached hydrogens (tertiary/aromatic N) is 4. The maximum absolute atomic E-state index is 10.1. The quantitative estimate of drug-likeness (QED) is 0.123. The molecule has 0 aliphatic heterocycles. The molecular formula is C68H38N4. The summed E-state index contributed by atoms with van der Waals surface area (Å²) in [5.41, 5.74) is 16.9. The van der Waals surface area contributed by atoms with Crippen LogP contribution < -0.4 is 0 Å². The Labute approximate surface area is 414 Å². The van der Waals surface area contributed by atoms with Crippen molar-refractivity contribution >= 4 is 86.7 Å². The molecule has 4 nitrogen and oxygen atoms in total. The molecule has 15 aromatic rings. The molecule has 72 heavy (non-hydrogen) atoms. The van der Waals surface area contributed by atoms with Crippen LogP contribution in [0.5, 0.6) is 0 Å². The molecule has 0 amide bonds. The van der Waals surface area contributed by atoms with Crippen LogP contribution in [0.2, 0.25) is 0 Å². The summed E-state index contributed by atoms with van der Waals surface area (Å²) in [6.07, 6.45) is 0. The second-order valence-corrected chi connectivity index (χ2v) is 19.1. The number of aromatic nitrogens is 2. The maximum Gasteiger partial charge on any atom is 0.0992 e. The van der Waals surface area contributed by atoms with Crippen molar-refractivity contribution in [3.05, 3.63) is 242 Å². The summed E-state index contributed by atoms with van der Waals surface area (Å²) in [4.78, 5) is 0. The number of benzene rings is 13. The van der Waals surface area contributed by atoms with E-state index in [-0.39, 0.29) is 0 Å². The molecule has 15 rings (SSSR count). The average Bonchev–Trinajstić information content (AvgIpc) is 3.97. The highest BCUT2D eigenvalue weighted by Gasteiger charge is 2.23. The normalized spacial score (nSPS) is 11.9. The molecule has 0 fully saturated rings. The van der Waals surface area contributed by atoms with Crippen LogP contribution in [0, 0.1) is 22.7 Å². The minimum atomic E-state index is 0.649. The van der Waals surface area contributed by atoms with Gasteiger partial charge in [-0.25, -0.2) is 0 Å². The van der Waals surface area contributed by atoms with E-state index in [1.165, 1.54) is 54.2 Å². The number of nitriles is 2. The third-order valence-electron chi connectivity index (χ3n) is 15.1. The van der Waals surface area contributed by atoms with E-state index in [4.69, 9.17) is 0 Å². The van der Waals surface area contributed by atoms with E-state index < -0.39 is 0 Å². The van der Waals surface area contributed by atoms with E-state index in [2.05, 4.69) is 215 Å². The summed E-state index contributed by atoms with van der Waals surface area (Å²) < 4.78 is 4.66. The molecule has 0 bridgehead atoms.